The van der Waals surface area contributed by atoms with Gasteiger partial charge in [0.2, 0.25) is 0 Å². The molecule has 18 heavy (non-hydrogen) atoms. The maximum absolute atomic E-state index is 11.8. The Kier molecular flexibility index (Phi) is 5.63. The minimum atomic E-state index is -3.28. The van der Waals surface area contributed by atoms with Crippen molar-refractivity contribution in [2.45, 2.75) is 31.0 Å². The van der Waals surface area contributed by atoms with Gasteiger partial charge in [-0.25, -0.2) is 8.42 Å². The second-order valence-corrected chi connectivity index (χ2v) is 7.76. The molecule has 0 aromatic heterocycles. The first-order chi connectivity index (χ1) is 8.38. The third kappa shape index (κ3) is 3.97. The van der Waals surface area contributed by atoms with E-state index in [1.807, 2.05) is 37.3 Å². The van der Waals surface area contributed by atoms with Crippen LogP contribution < -0.4 is 5.73 Å². The van der Waals surface area contributed by atoms with Gasteiger partial charge in [-0.15, -0.1) is 11.6 Å². The van der Waals surface area contributed by atoms with Crippen molar-refractivity contribution in [2.75, 3.05) is 5.75 Å². The zero-order valence-corrected chi connectivity index (χ0v) is 12.3. The van der Waals surface area contributed by atoms with E-state index in [1.54, 1.807) is 0 Å². The van der Waals surface area contributed by atoms with Crippen LogP contribution in [-0.2, 0) is 9.84 Å². The Bertz CT molecular complexity index is 459. The van der Waals surface area contributed by atoms with Crippen LogP contribution in [0.1, 0.15) is 31.9 Å². The quantitative estimate of drug-likeness (QED) is 0.819. The molecule has 0 aliphatic carbocycles. The smallest absolute Gasteiger partial charge is 0.167 e. The van der Waals surface area contributed by atoms with E-state index in [0.29, 0.717) is 6.42 Å². The van der Waals surface area contributed by atoms with Crippen molar-refractivity contribution in [1.29, 1.82) is 0 Å². The molecule has 0 aliphatic rings. The molecular weight excluding hydrogens is 270 g/mol. The SMILES string of the molecule is CCC(CS(=O)(=O)C(C)Cl)C(N)c1ccccc1. The van der Waals surface area contributed by atoms with Gasteiger partial charge in [-0.1, -0.05) is 43.7 Å². The number of nitrogens with two attached hydrogens (primary N) is 1. The van der Waals surface area contributed by atoms with Crippen molar-refractivity contribution in [3.8, 4) is 0 Å². The number of rotatable bonds is 6. The summed E-state index contributed by atoms with van der Waals surface area (Å²) in [5.74, 6) is -0.0804. The lowest BCUT2D eigenvalue weighted by molar-refractivity contribution is 0.452. The van der Waals surface area contributed by atoms with Crippen molar-refractivity contribution < 1.29 is 8.42 Å². The van der Waals surface area contributed by atoms with Gasteiger partial charge < -0.3 is 5.73 Å². The Morgan fingerprint density at radius 3 is 2.28 bits per heavy atom. The van der Waals surface area contributed by atoms with E-state index in [4.69, 9.17) is 17.3 Å². The lowest BCUT2D eigenvalue weighted by Gasteiger charge is -2.23. The van der Waals surface area contributed by atoms with Crippen LogP contribution in [0.15, 0.2) is 30.3 Å². The zero-order chi connectivity index (χ0) is 13.8. The molecule has 0 fully saturated rings. The zero-order valence-electron chi connectivity index (χ0n) is 10.7. The molecule has 1 aromatic carbocycles. The van der Waals surface area contributed by atoms with E-state index in [1.165, 1.54) is 6.92 Å². The lowest BCUT2D eigenvalue weighted by atomic mass is 9.93. The van der Waals surface area contributed by atoms with Crippen LogP contribution in [0.2, 0.25) is 0 Å². The van der Waals surface area contributed by atoms with E-state index in [9.17, 15) is 8.42 Å². The largest absolute Gasteiger partial charge is 0.324 e. The summed E-state index contributed by atoms with van der Waals surface area (Å²) in [6.45, 7) is 3.43. The third-order valence-electron chi connectivity index (χ3n) is 3.16. The van der Waals surface area contributed by atoms with Crippen molar-refractivity contribution in [3.05, 3.63) is 35.9 Å². The van der Waals surface area contributed by atoms with Crippen molar-refractivity contribution in [1.82, 2.24) is 0 Å². The average Bonchev–Trinajstić information content (AvgIpc) is 2.36. The average molecular weight is 290 g/mol. The Balaban J connectivity index is 2.85. The van der Waals surface area contributed by atoms with Gasteiger partial charge in [-0.3, -0.25) is 0 Å². The number of sulfone groups is 1. The number of alkyl halides is 1. The van der Waals surface area contributed by atoms with Gasteiger partial charge in [0.25, 0.3) is 0 Å². The summed E-state index contributed by atoms with van der Waals surface area (Å²) >= 11 is 5.69. The molecule has 1 rings (SSSR count). The van der Waals surface area contributed by atoms with Crippen molar-refractivity contribution >= 4 is 21.4 Å². The molecule has 3 atom stereocenters. The van der Waals surface area contributed by atoms with Gasteiger partial charge in [-0.2, -0.15) is 0 Å². The molecule has 0 spiro atoms. The monoisotopic (exact) mass is 289 g/mol. The molecule has 0 amide bonds. The van der Waals surface area contributed by atoms with Crippen LogP contribution in [-0.4, -0.2) is 18.9 Å². The van der Waals surface area contributed by atoms with Gasteiger partial charge in [0, 0.05) is 6.04 Å². The van der Waals surface area contributed by atoms with Crippen LogP contribution in [0.3, 0.4) is 0 Å². The van der Waals surface area contributed by atoms with Gasteiger partial charge in [-0.05, 0) is 18.4 Å². The molecule has 0 saturated carbocycles. The second-order valence-electron chi connectivity index (χ2n) is 4.48. The molecule has 2 N–H and O–H groups in total. The molecule has 5 heteroatoms. The minimum absolute atomic E-state index is 0.0320. The van der Waals surface area contributed by atoms with Crippen LogP contribution >= 0.6 is 11.6 Å². The molecule has 3 unspecified atom stereocenters. The highest BCUT2D eigenvalue weighted by Crippen LogP contribution is 2.25. The summed E-state index contributed by atoms with van der Waals surface area (Å²) in [5.41, 5.74) is 7.11. The lowest BCUT2D eigenvalue weighted by Crippen LogP contribution is -2.30. The standard InChI is InChI=1S/C13H20ClNO2S/c1-3-11(9-18(16,17)10(2)14)13(15)12-7-5-4-6-8-12/h4-8,10-11,13H,3,9,15H2,1-2H3. The van der Waals surface area contributed by atoms with Crippen molar-refractivity contribution in [3.63, 3.8) is 0 Å². The predicted octanol–water partition coefficient (Wildman–Crippen LogP) is 2.71. The number of benzene rings is 1. The first-order valence-electron chi connectivity index (χ1n) is 6.04. The molecule has 0 aliphatic heterocycles. The van der Waals surface area contributed by atoms with E-state index in [0.717, 1.165) is 5.56 Å². The third-order valence-corrected chi connectivity index (χ3v) is 5.85. The normalized spacial score (nSPS) is 17.1. The second kappa shape index (κ2) is 6.55. The summed E-state index contributed by atoms with van der Waals surface area (Å²) < 4.78 is 22.8. The molecule has 0 radical (unpaired) electrons. The summed E-state index contributed by atoms with van der Waals surface area (Å²) in [7, 11) is -3.28. The topological polar surface area (TPSA) is 60.2 Å². The summed E-state index contributed by atoms with van der Waals surface area (Å²) in [6.07, 6.45) is 0.707. The highest BCUT2D eigenvalue weighted by atomic mass is 35.5. The van der Waals surface area contributed by atoms with Crippen LogP contribution in [0.25, 0.3) is 0 Å². The summed E-state index contributed by atoms with van der Waals surface area (Å²) in [5, 5.41) is 0. The Morgan fingerprint density at radius 2 is 1.83 bits per heavy atom. The fourth-order valence-electron chi connectivity index (χ4n) is 1.85. The van der Waals surface area contributed by atoms with E-state index < -0.39 is 14.5 Å². The summed E-state index contributed by atoms with van der Waals surface area (Å²) in [4.78, 5) is 0. The van der Waals surface area contributed by atoms with Crippen molar-refractivity contribution in [2.24, 2.45) is 11.7 Å². The first kappa shape index (κ1) is 15.5. The minimum Gasteiger partial charge on any atom is -0.324 e. The molecule has 0 bridgehead atoms. The number of hydrogen-bond donors (Lipinski definition) is 1. The van der Waals surface area contributed by atoms with Crippen LogP contribution in [0.4, 0.5) is 0 Å². The molecule has 0 heterocycles. The highest BCUT2D eigenvalue weighted by Gasteiger charge is 2.27. The van der Waals surface area contributed by atoms with Crippen LogP contribution in [0.5, 0.6) is 0 Å². The fraction of sp³-hybridized carbons (Fsp3) is 0.538. The molecule has 0 saturated heterocycles. The maximum Gasteiger partial charge on any atom is 0.167 e. The molecule has 1 aromatic rings. The van der Waals surface area contributed by atoms with E-state index in [2.05, 4.69) is 0 Å². The van der Waals surface area contributed by atoms with Crippen LogP contribution in [0, 0.1) is 5.92 Å². The molecule has 102 valence electrons. The summed E-state index contributed by atoms with van der Waals surface area (Å²) in [6, 6.07) is 9.28. The predicted molar refractivity (Wildman–Crippen MR) is 76.3 cm³/mol. The van der Waals surface area contributed by atoms with Gasteiger partial charge >= 0.3 is 0 Å². The first-order valence-corrected chi connectivity index (χ1v) is 8.19. The van der Waals surface area contributed by atoms with E-state index >= 15 is 0 Å². The number of halogens is 1. The van der Waals surface area contributed by atoms with Gasteiger partial charge in [0.1, 0.15) is 4.71 Å². The number of hydrogen-bond acceptors (Lipinski definition) is 3. The maximum atomic E-state index is 11.8. The molecule has 3 nitrogen and oxygen atoms in total. The van der Waals surface area contributed by atoms with Gasteiger partial charge in [0.05, 0.1) is 5.75 Å². The Morgan fingerprint density at radius 1 is 1.28 bits per heavy atom. The highest BCUT2D eigenvalue weighted by molar-refractivity contribution is 7.93. The molecular formula is C13H20ClNO2S. The van der Waals surface area contributed by atoms with E-state index in [-0.39, 0.29) is 17.7 Å². The fourth-order valence-corrected chi connectivity index (χ4v) is 3.38. The Hall–Kier alpha value is -0.580. The van der Waals surface area contributed by atoms with Gasteiger partial charge in [0.15, 0.2) is 9.84 Å². The Labute approximate surface area is 114 Å².